The Balaban J connectivity index is 2.58. The van der Waals surface area contributed by atoms with Crippen LogP contribution in [0.3, 0.4) is 0 Å². The summed E-state index contributed by atoms with van der Waals surface area (Å²) in [5.74, 6) is 0.576. The third kappa shape index (κ3) is 5.14. The number of carbonyl (C=O) groups is 1. The van der Waals surface area contributed by atoms with Gasteiger partial charge in [0.1, 0.15) is 11.3 Å². The van der Waals surface area contributed by atoms with Gasteiger partial charge in [-0.3, -0.25) is 10.1 Å². The van der Waals surface area contributed by atoms with E-state index in [1.54, 1.807) is 0 Å². The third-order valence-corrected chi connectivity index (χ3v) is 6.59. The molecule has 1 aromatic rings. The van der Waals surface area contributed by atoms with Gasteiger partial charge >= 0.3 is 0 Å². The highest BCUT2D eigenvalue weighted by Gasteiger charge is 2.39. The maximum Gasteiger partial charge on any atom is 0.242 e. The monoisotopic (exact) mass is 402 g/mol. The van der Waals surface area contributed by atoms with Crippen molar-refractivity contribution in [2.24, 2.45) is 11.7 Å². The highest BCUT2D eigenvalue weighted by molar-refractivity contribution is 5.86. The number of carbonyl (C=O) groups excluding carboxylic acids is 1. The van der Waals surface area contributed by atoms with E-state index in [-0.39, 0.29) is 16.7 Å². The summed E-state index contributed by atoms with van der Waals surface area (Å²) < 4.78 is 0. The van der Waals surface area contributed by atoms with E-state index < -0.39 is 5.54 Å². The number of hydrogen-bond donors (Lipinski definition) is 3. The molecule has 1 aromatic carbocycles. The second-order valence-electron chi connectivity index (χ2n) is 10.9. The van der Waals surface area contributed by atoms with E-state index in [9.17, 15) is 9.90 Å². The lowest BCUT2D eigenvalue weighted by atomic mass is 9.74. The first-order chi connectivity index (χ1) is 13.3. The van der Waals surface area contributed by atoms with Gasteiger partial charge in [-0.05, 0) is 71.4 Å². The Hall–Kier alpha value is -1.55. The summed E-state index contributed by atoms with van der Waals surface area (Å²) in [5.41, 5.74) is 7.19. The lowest BCUT2D eigenvalue weighted by Crippen LogP contribution is -2.54. The number of nitrogens with one attached hydrogen (secondary N) is 1. The number of aromatic hydroxyl groups is 1. The lowest BCUT2D eigenvalue weighted by Gasteiger charge is -2.37. The van der Waals surface area contributed by atoms with Crippen LogP contribution >= 0.6 is 0 Å². The Labute approximate surface area is 177 Å². The quantitative estimate of drug-likeness (QED) is 0.608. The minimum absolute atomic E-state index is 0.249. The summed E-state index contributed by atoms with van der Waals surface area (Å²) in [5, 5.41) is 14.6. The smallest absolute Gasteiger partial charge is 0.242 e. The summed E-state index contributed by atoms with van der Waals surface area (Å²) in [4.78, 5) is 12.8. The van der Waals surface area contributed by atoms with E-state index in [1.165, 1.54) is 32.1 Å². The number of hydrogen-bond acceptors (Lipinski definition) is 3. The number of primary amides is 1. The van der Waals surface area contributed by atoms with Crippen LogP contribution in [-0.4, -0.2) is 17.6 Å². The molecule has 1 fully saturated rings. The number of benzene rings is 1. The van der Waals surface area contributed by atoms with Gasteiger partial charge in [-0.25, -0.2) is 0 Å². The third-order valence-electron chi connectivity index (χ3n) is 6.59. The maximum atomic E-state index is 12.8. The standard InChI is InChI=1S/C25H42N2O2/c1-8-25(22(26)29,27-16-17-12-10-9-11-13-17)18-14-19(23(2,3)4)21(28)20(15-18)24(5,6)7/h14-15,17,27-28H,8-13,16H2,1-7H3,(H2,26,29). The molecule has 1 unspecified atom stereocenters. The topological polar surface area (TPSA) is 75.3 Å². The zero-order valence-corrected chi connectivity index (χ0v) is 19.6. The Morgan fingerprint density at radius 1 is 1.03 bits per heavy atom. The summed E-state index contributed by atoms with van der Waals surface area (Å²) in [6.45, 7) is 15.3. The van der Waals surface area contributed by atoms with Gasteiger partial charge < -0.3 is 10.8 Å². The molecule has 0 heterocycles. The molecule has 4 nitrogen and oxygen atoms in total. The number of nitrogens with two attached hydrogens (primary N) is 1. The molecule has 0 bridgehead atoms. The molecular formula is C25H42N2O2. The number of amides is 1. The van der Waals surface area contributed by atoms with Crippen molar-refractivity contribution in [1.29, 1.82) is 0 Å². The normalized spacial score (nSPS) is 18.4. The molecule has 4 N–H and O–H groups in total. The molecule has 4 heteroatoms. The molecule has 1 atom stereocenters. The predicted molar refractivity (Wildman–Crippen MR) is 121 cm³/mol. The van der Waals surface area contributed by atoms with Crippen LogP contribution in [0.1, 0.15) is 104 Å². The minimum Gasteiger partial charge on any atom is -0.507 e. The Bertz CT molecular complexity index is 686. The van der Waals surface area contributed by atoms with Crippen LogP contribution < -0.4 is 11.1 Å². The summed E-state index contributed by atoms with van der Waals surface area (Å²) in [6, 6.07) is 3.99. The van der Waals surface area contributed by atoms with Gasteiger partial charge in [-0.15, -0.1) is 0 Å². The van der Waals surface area contributed by atoms with Crippen LogP contribution in [0.15, 0.2) is 12.1 Å². The van der Waals surface area contributed by atoms with Gasteiger partial charge in [-0.1, -0.05) is 67.7 Å². The zero-order valence-electron chi connectivity index (χ0n) is 19.6. The van der Waals surface area contributed by atoms with Crippen LogP contribution in [-0.2, 0) is 21.2 Å². The van der Waals surface area contributed by atoms with Crippen molar-refractivity contribution in [2.75, 3.05) is 6.54 Å². The van der Waals surface area contributed by atoms with Crippen LogP contribution in [0.2, 0.25) is 0 Å². The van der Waals surface area contributed by atoms with Crippen molar-refractivity contribution in [1.82, 2.24) is 5.32 Å². The van der Waals surface area contributed by atoms with Crippen LogP contribution in [0.4, 0.5) is 0 Å². The van der Waals surface area contributed by atoms with Gasteiger partial charge in [0.2, 0.25) is 5.91 Å². The van der Waals surface area contributed by atoms with Gasteiger partial charge in [-0.2, -0.15) is 0 Å². The fraction of sp³-hybridized carbons (Fsp3) is 0.720. The number of phenols is 1. The van der Waals surface area contributed by atoms with Crippen LogP contribution in [0, 0.1) is 5.92 Å². The Kier molecular flexibility index (Phi) is 7.09. The number of phenolic OH excluding ortho intramolecular Hbond substituents is 1. The fourth-order valence-electron chi connectivity index (χ4n) is 4.57. The molecule has 1 aliphatic rings. The molecule has 29 heavy (non-hydrogen) atoms. The molecule has 0 aliphatic heterocycles. The highest BCUT2D eigenvalue weighted by atomic mass is 16.3. The minimum atomic E-state index is -0.925. The predicted octanol–water partition coefficient (Wildman–Crippen LogP) is 5.25. The van der Waals surface area contributed by atoms with Crippen molar-refractivity contribution in [3.63, 3.8) is 0 Å². The van der Waals surface area contributed by atoms with E-state index >= 15 is 0 Å². The van der Waals surface area contributed by atoms with E-state index in [1.807, 2.05) is 19.1 Å². The molecule has 0 saturated heterocycles. The zero-order chi connectivity index (χ0) is 22.0. The largest absolute Gasteiger partial charge is 0.507 e. The van der Waals surface area contributed by atoms with E-state index in [0.29, 0.717) is 18.1 Å². The van der Waals surface area contributed by atoms with Gasteiger partial charge in [0.15, 0.2) is 0 Å². The lowest BCUT2D eigenvalue weighted by molar-refractivity contribution is -0.125. The SMILES string of the molecule is CCC(NCC1CCCCC1)(C(N)=O)c1cc(C(C)(C)C)c(O)c(C(C)(C)C)c1. The molecule has 2 rings (SSSR count). The first kappa shape index (κ1) is 23.7. The Morgan fingerprint density at radius 2 is 1.52 bits per heavy atom. The van der Waals surface area contributed by atoms with E-state index in [4.69, 9.17) is 5.73 Å². The van der Waals surface area contributed by atoms with Crippen LogP contribution in [0.25, 0.3) is 0 Å². The van der Waals surface area contributed by atoms with Gasteiger partial charge in [0.05, 0.1) is 0 Å². The molecule has 1 saturated carbocycles. The summed E-state index contributed by atoms with van der Waals surface area (Å²) >= 11 is 0. The van der Waals surface area contributed by atoms with Gasteiger partial charge in [0, 0.05) is 0 Å². The van der Waals surface area contributed by atoms with Crippen LogP contribution in [0.5, 0.6) is 5.75 Å². The number of rotatable bonds is 6. The molecule has 1 amide bonds. The van der Waals surface area contributed by atoms with Gasteiger partial charge in [0.25, 0.3) is 0 Å². The molecule has 164 valence electrons. The molecule has 0 radical (unpaired) electrons. The molecule has 1 aliphatic carbocycles. The second-order valence-corrected chi connectivity index (χ2v) is 10.9. The maximum absolute atomic E-state index is 12.8. The van der Waals surface area contributed by atoms with E-state index in [2.05, 4.69) is 46.9 Å². The van der Waals surface area contributed by atoms with Crippen molar-refractivity contribution in [2.45, 2.75) is 103 Å². The van der Waals surface area contributed by atoms with Crippen molar-refractivity contribution in [3.8, 4) is 5.75 Å². The van der Waals surface area contributed by atoms with Crippen molar-refractivity contribution in [3.05, 3.63) is 28.8 Å². The fourth-order valence-corrected chi connectivity index (χ4v) is 4.57. The first-order valence-electron chi connectivity index (χ1n) is 11.3. The van der Waals surface area contributed by atoms with Crippen molar-refractivity contribution >= 4 is 5.91 Å². The summed E-state index contributed by atoms with van der Waals surface area (Å²) in [6.07, 6.45) is 6.84. The molecular weight excluding hydrogens is 360 g/mol. The average Bonchev–Trinajstić information content (AvgIpc) is 2.62. The first-order valence-corrected chi connectivity index (χ1v) is 11.3. The van der Waals surface area contributed by atoms with E-state index in [0.717, 1.165) is 23.2 Å². The molecule has 0 spiro atoms. The average molecular weight is 403 g/mol. The summed E-state index contributed by atoms with van der Waals surface area (Å²) in [7, 11) is 0. The Morgan fingerprint density at radius 3 is 1.90 bits per heavy atom. The second kappa shape index (κ2) is 8.67. The highest BCUT2D eigenvalue weighted by Crippen LogP contribution is 2.42. The molecule has 0 aromatic heterocycles. The van der Waals surface area contributed by atoms with Crippen molar-refractivity contribution < 1.29 is 9.90 Å².